The van der Waals surface area contributed by atoms with Crippen molar-refractivity contribution in [3.63, 3.8) is 0 Å². The Morgan fingerprint density at radius 3 is 2.45 bits per heavy atom. The molecule has 0 spiro atoms. The molecule has 2 rings (SSSR count). The standard InChI is InChI=1S/C15H19F3N2O.ClH/c1-10-4-6-11(7-5-10)13(19)14(21)20-8-2-3-12(9-20)15(16,17)18;/h4-7,12-13H,2-3,8-9,19H2,1H3;1H. The van der Waals surface area contributed by atoms with E-state index in [-0.39, 0.29) is 25.4 Å². The molecule has 1 aliphatic heterocycles. The summed E-state index contributed by atoms with van der Waals surface area (Å²) in [5.41, 5.74) is 7.56. The first kappa shape index (κ1) is 18.8. The number of rotatable bonds is 2. The van der Waals surface area contributed by atoms with Crippen molar-refractivity contribution in [3.05, 3.63) is 35.4 Å². The summed E-state index contributed by atoms with van der Waals surface area (Å²) in [6, 6.07) is 6.23. The van der Waals surface area contributed by atoms with Crippen LogP contribution < -0.4 is 5.73 Å². The Balaban J connectivity index is 0.00000242. The predicted molar refractivity (Wildman–Crippen MR) is 80.7 cm³/mol. The molecule has 1 aromatic carbocycles. The molecule has 124 valence electrons. The lowest BCUT2D eigenvalue weighted by molar-refractivity contribution is -0.188. The molecule has 0 radical (unpaired) electrons. The number of likely N-dealkylation sites (tertiary alicyclic amines) is 1. The number of hydrogen-bond donors (Lipinski definition) is 1. The number of carbonyl (C=O) groups excluding carboxylic acids is 1. The van der Waals surface area contributed by atoms with E-state index in [0.717, 1.165) is 5.56 Å². The monoisotopic (exact) mass is 336 g/mol. The summed E-state index contributed by atoms with van der Waals surface area (Å²) < 4.78 is 38.3. The Kier molecular flexibility index (Phi) is 6.26. The van der Waals surface area contributed by atoms with Crippen LogP contribution in [0.4, 0.5) is 13.2 Å². The average Bonchev–Trinajstić information content (AvgIpc) is 2.46. The smallest absolute Gasteiger partial charge is 0.340 e. The van der Waals surface area contributed by atoms with Gasteiger partial charge in [0.1, 0.15) is 6.04 Å². The molecule has 2 N–H and O–H groups in total. The molecule has 7 heteroatoms. The number of hydrogen-bond acceptors (Lipinski definition) is 2. The van der Waals surface area contributed by atoms with Crippen molar-refractivity contribution in [2.75, 3.05) is 13.1 Å². The minimum atomic E-state index is -4.26. The number of aryl methyl sites for hydroxylation is 1. The molecule has 0 aliphatic carbocycles. The normalized spacial score (nSPS) is 20.2. The van der Waals surface area contributed by atoms with Crippen molar-refractivity contribution < 1.29 is 18.0 Å². The maximum absolute atomic E-state index is 12.8. The molecule has 0 bridgehead atoms. The van der Waals surface area contributed by atoms with Crippen molar-refractivity contribution in [1.29, 1.82) is 0 Å². The van der Waals surface area contributed by atoms with Gasteiger partial charge in [-0.25, -0.2) is 0 Å². The number of nitrogens with two attached hydrogens (primary N) is 1. The van der Waals surface area contributed by atoms with Crippen LogP contribution in [0.3, 0.4) is 0 Å². The van der Waals surface area contributed by atoms with E-state index in [2.05, 4.69) is 0 Å². The van der Waals surface area contributed by atoms with Crippen LogP contribution in [0.15, 0.2) is 24.3 Å². The minimum absolute atomic E-state index is 0. The summed E-state index contributed by atoms with van der Waals surface area (Å²) in [4.78, 5) is 13.5. The van der Waals surface area contributed by atoms with Crippen LogP contribution in [0.2, 0.25) is 0 Å². The molecular weight excluding hydrogens is 317 g/mol. The van der Waals surface area contributed by atoms with Gasteiger partial charge in [-0.2, -0.15) is 13.2 Å². The molecule has 22 heavy (non-hydrogen) atoms. The lowest BCUT2D eigenvalue weighted by Crippen LogP contribution is -2.47. The fraction of sp³-hybridized carbons (Fsp3) is 0.533. The lowest BCUT2D eigenvalue weighted by atomic mass is 9.96. The van der Waals surface area contributed by atoms with Gasteiger partial charge in [0.15, 0.2) is 0 Å². The Morgan fingerprint density at radius 2 is 1.91 bits per heavy atom. The molecule has 3 nitrogen and oxygen atoms in total. The second-order valence-electron chi connectivity index (χ2n) is 5.55. The third-order valence-corrected chi connectivity index (χ3v) is 3.90. The van der Waals surface area contributed by atoms with Crippen LogP contribution in [0, 0.1) is 12.8 Å². The van der Waals surface area contributed by atoms with Crippen LogP contribution in [0.5, 0.6) is 0 Å². The van der Waals surface area contributed by atoms with E-state index in [4.69, 9.17) is 5.73 Å². The van der Waals surface area contributed by atoms with Crippen LogP contribution in [-0.4, -0.2) is 30.1 Å². The zero-order valence-electron chi connectivity index (χ0n) is 12.3. The van der Waals surface area contributed by atoms with Gasteiger partial charge >= 0.3 is 6.18 Å². The number of amides is 1. The van der Waals surface area contributed by atoms with Gasteiger partial charge in [-0.05, 0) is 25.3 Å². The number of carbonyl (C=O) groups is 1. The van der Waals surface area contributed by atoms with Crippen LogP contribution in [0.25, 0.3) is 0 Å². The summed E-state index contributed by atoms with van der Waals surface area (Å²) >= 11 is 0. The molecule has 1 amide bonds. The fourth-order valence-corrected chi connectivity index (χ4v) is 2.56. The predicted octanol–water partition coefficient (Wildman–Crippen LogP) is 3.22. The van der Waals surface area contributed by atoms with E-state index < -0.39 is 24.0 Å². The van der Waals surface area contributed by atoms with Crippen LogP contribution in [-0.2, 0) is 4.79 Å². The van der Waals surface area contributed by atoms with Crippen molar-refractivity contribution >= 4 is 18.3 Å². The average molecular weight is 337 g/mol. The third kappa shape index (κ3) is 4.36. The number of alkyl halides is 3. The number of halogens is 4. The Morgan fingerprint density at radius 1 is 1.32 bits per heavy atom. The van der Waals surface area contributed by atoms with Crippen molar-refractivity contribution in [3.8, 4) is 0 Å². The van der Waals surface area contributed by atoms with Crippen molar-refractivity contribution in [2.45, 2.75) is 32.0 Å². The summed E-state index contributed by atoms with van der Waals surface area (Å²) in [6.07, 6.45) is -3.82. The first-order valence-corrected chi connectivity index (χ1v) is 6.96. The minimum Gasteiger partial charge on any atom is -0.340 e. The fourth-order valence-electron chi connectivity index (χ4n) is 2.56. The molecule has 1 saturated heterocycles. The first-order valence-electron chi connectivity index (χ1n) is 6.96. The molecule has 1 aromatic rings. The highest BCUT2D eigenvalue weighted by Gasteiger charge is 2.43. The number of piperidine rings is 1. The van der Waals surface area contributed by atoms with Crippen LogP contribution >= 0.6 is 12.4 Å². The van der Waals surface area contributed by atoms with E-state index in [9.17, 15) is 18.0 Å². The maximum atomic E-state index is 12.8. The summed E-state index contributed by atoms with van der Waals surface area (Å²) in [5, 5.41) is 0. The highest BCUT2D eigenvalue weighted by atomic mass is 35.5. The zero-order valence-corrected chi connectivity index (χ0v) is 13.1. The number of nitrogens with zero attached hydrogens (tertiary/aromatic N) is 1. The Labute approximate surface area is 134 Å². The SMILES string of the molecule is Cc1ccc(C(N)C(=O)N2CCCC(C(F)(F)F)C2)cc1.Cl. The lowest BCUT2D eigenvalue weighted by Gasteiger charge is -2.35. The van der Waals surface area contributed by atoms with Gasteiger partial charge in [0.25, 0.3) is 0 Å². The van der Waals surface area contributed by atoms with Gasteiger partial charge in [-0.3, -0.25) is 4.79 Å². The highest BCUT2D eigenvalue weighted by molar-refractivity contribution is 5.85. The molecular formula is C15H20ClF3N2O. The molecule has 1 heterocycles. The zero-order chi connectivity index (χ0) is 15.6. The summed E-state index contributed by atoms with van der Waals surface area (Å²) in [5.74, 6) is -1.88. The third-order valence-electron chi connectivity index (χ3n) is 3.90. The highest BCUT2D eigenvalue weighted by Crippen LogP contribution is 2.33. The quantitative estimate of drug-likeness (QED) is 0.901. The van der Waals surface area contributed by atoms with E-state index in [0.29, 0.717) is 18.5 Å². The van der Waals surface area contributed by atoms with Crippen molar-refractivity contribution in [2.24, 2.45) is 11.7 Å². The van der Waals surface area contributed by atoms with Crippen molar-refractivity contribution in [1.82, 2.24) is 4.90 Å². The van der Waals surface area contributed by atoms with Gasteiger partial charge in [-0.1, -0.05) is 29.8 Å². The summed E-state index contributed by atoms with van der Waals surface area (Å²) in [7, 11) is 0. The van der Waals surface area contributed by atoms with Gasteiger partial charge in [0.05, 0.1) is 5.92 Å². The summed E-state index contributed by atoms with van der Waals surface area (Å²) in [6.45, 7) is 1.96. The maximum Gasteiger partial charge on any atom is 0.393 e. The van der Waals surface area contributed by atoms with E-state index in [1.807, 2.05) is 19.1 Å². The van der Waals surface area contributed by atoms with E-state index in [1.165, 1.54) is 4.90 Å². The second kappa shape index (κ2) is 7.33. The van der Waals surface area contributed by atoms with Gasteiger partial charge in [0.2, 0.25) is 5.91 Å². The van der Waals surface area contributed by atoms with Gasteiger partial charge in [0, 0.05) is 13.1 Å². The van der Waals surface area contributed by atoms with Gasteiger partial charge < -0.3 is 10.6 Å². The molecule has 0 aromatic heterocycles. The topological polar surface area (TPSA) is 46.3 Å². The van der Waals surface area contributed by atoms with E-state index in [1.54, 1.807) is 12.1 Å². The molecule has 0 saturated carbocycles. The molecule has 1 fully saturated rings. The molecule has 2 unspecified atom stereocenters. The van der Waals surface area contributed by atoms with Gasteiger partial charge in [-0.15, -0.1) is 12.4 Å². The first-order chi connectivity index (χ1) is 9.79. The Hall–Kier alpha value is -1.27. The second-order valence-corrected chi connectivity index (χ2v) is 5.55. The Bertz CT molecular complexity index is 505. The van der Waals surface area contributed by atoms with Crippen LogP contribution in [0.1, 0.15) is 30.0 Å². The molecule has 2 atom stereocenters. The molecule has 1 aliphatic rings. The van der Waals surface area contributed by atoms with E-state index >= 15 is 0 Å². The number of benzene rings is 1. The largest absolute Gasteiger partial charge is 0.393 e.